The van der Waals surface area contributed by atoms with E-state index in [-0.39, 0.29) is 128 Å². The van der Waals surface area contributed by atoms with Crippen LogP contribution in [0.3, 0.4) is 0 Å². The van der Waals surface area contributed by atoms with Gasteiger partial charge in [-0.25, -0.2) is 0 Å². The average molecular weight is 1900 g/mol. The van der Waals surface area contributed by atoms with Crippen molar-refractivity contribution in [2.45, 2.75) is 369 Å². The number of Topliss-reactive ketones (excluding diaryl/α,β-unsaturated/α-hetero) is 3. The Morgan fingerprint density at radius 2 is 0.557 bits per heavy atom. The van der Waals surface area contributed by atoms with Crippen LogP contribution >= 0.6 is 0 Å². The molecule has 0 aliphatic carbocycles. The summed E-state index contributed by atoms with van der Waals surface area (Å²) in [4.78, 5) is 106. The van der Waals surface area contributed by atoms with E-state index < -0.39 is 309 Å². The number of aliphatic hydroxyl groups excluding tert-OH is 24. The number of hydrogen-bond donors (Lipinski definition) is 29. The van der Waals surface area contributed by atoms with Crippen LogP contribution in [-0.4, -0.2) is 482 Å². The highest BCUT2D eigenvalue weighted by Gasteiger charge is 2.56. The Morgan fingerprint density at radius 3 is 0.947 bits per heavy atom. The predicted octanol–water partition coefficient (Wildman–Crippen LogP) is -14.0. The SMILES string of the molecule is CCC(=O)CCCCC(=O)N[C@@H](CCC(=O)CCCCCCC(=O)NCCO[C@H]1O[C@H](CO[C@H]2O[C@H](CO)[C@@H](O)[C@H](O)[C@@H]2O)[C@@H](O)[C@H](O[C@H]2O[C@H](CO)[C@@H](O)[C@H](O)[C@@H]2O)[C@@H]1O)C(=O)NCCCCCC(=O)N[C@@H](CCC(=O)CCCO[C@H]1O[C@H](CO[C@H]2O[C@H](CO)[C@@H](O)[C@H](O)[C@@H]2O)[C@@H](O)[C@H](O[C@H]2O[C@H](CO)[C@@H](O)[C@H](O)[C@@H]2O)[C@@H]1O)C(=O)NCCO[C@H]1O[C@H](CO)[C@@H](O)[C@@H](O)[C@@H]1O. The lowest BCUT2D eigenvalue weighted by Crippen LogP contribution is -2.65. The quantitative estimate of drug-likeness (QED) is 0.0251. The number of rotatable bonds is 57. The molecule has 7 saturated heterocycles. The maximum absolute atomic E-state index is 13.8. The molecular weight excluding hydrogens is 1770 g/mol. The molecule has 51 heteroatoms. The molecule has 131 heavy (non-hydrogen) atoms. The van der Waals surface area contributed by atoms with Crippen LogP contribution in [0.25, 0.3) is 0 Å². The van der Waals surface area contributed by atoms with Crippen molar-refractivity contribution < 1.29 is 227 Å². The molecule has 0 aromatic heterocycles. The third-order valence-corrected chi connectivity index (χ3v) is 23.5. The highest BCUT2D eigenvalue weighted by molar-refractivity contribution is 5.89. The normalized spacial score (nSPS) is 36.8. The Kier molecular flexibility index (Phi) is 49.3. The van der Waals surface area contributed by atoms with Crippen LogP contribution in [0.1, 0.15) is 142 Å². The van der Waals surface area contributed by atoms with Crippen molar-refractivity contribution in [2.24, 2.45) is 0 Å². The van der Waals surface area contributed by atoms with Gasteiger partial charge < -0.3 is 215 Å². The summed E-state index contributed by atoms with van der Waals surface area (Å²) in [5.74, 6) is -3.64. The second-order valence-corrected chi connectivity index (χ2v) is 33.3. The number of hydrogen-bond acceptors (Lipinski definition) is 46. The fourth-order valence-electron chi connectivity index (χ4n) is 15.3. The third kappa shape index (κ3) is 33.6. The van der Waals surface area contributed by atoms with Crippen LogP contribution in [0.15, 0.2) is 0 Å². The molecule has 29 N–H and O–H groups in total. The molecule has 37 atom stereocenters. The Morgan fingerprint density at radius 1 is 0.267 bits per heavy atom. The van der Waals surface area contributed by atoms with Gasteiger partial charge >= 0.3 is 0 Å². The minimum atomic E-state index is -2.03. The minimum Gasteiger partial charge on any atom is -0.394 e. The van der Waals surface area contributed by atoms with Crippen LogP contribution in [0.4, 0.5) is 0 Å². The lowest BCUT2D eigenvalue weighted by atomic mass is 9.96. The van der Waals surface area contributed by atoms with E-state index in [9.17, 15) is 161 Å². The highest BCUT2D eigenvalue weighted by atomic mass is 16.8. The van der Waals surface area contributed by atoms with Crippen molar-refractivity contribution >= 4 is 46.9 Å². The van der Waals surface area contributed by atoms with Crippen molar-refractivity contribution in [1.29, 1.82) is 0 Å². The molecule has 0 spiro atoms. The topological polar surface area (TPSA) is 811 Å². The molecular formula is C80H137N5O46. The van der Waals surface area contributed by atoms with E-state index in [4.69, 9.17) is 66.3 Å². The Bertz CT molecular complexity index is 3380. The van der Waals surface area contributed by atoms with Crippen molar-refractivity contribution in [3.8, 4) is 0 Å². The number of carbonyl (C=O) groups is 8. The maximum Gasteiger partial charge on any atom is 0.242 e. The van der Waals surface area contributed by atoms with E-state index in [1.54, 1.807) is 6.92 Å². The maximum atomic E-state index is 13.8. The van der Waals surface area contributed by atoms with E-state index in [0.717, 1.165) is 0 Å². The average Bonchev–Trinajstić information content (AvgIpc) is 0.785. The van der Waals surface area contributed by atoms with Crippen LogP contribution in [0, 0.1) is 0 Å². The molecule has 7 fully saturated rings. The van der Waals surface area contributed by atoms with Gasteiger partial charge in [0.15, 0.2) is 44.0 Å². The van der Waals surface area contributed by atoms with Crippen molar-refractivity contribution in [3.05, 3.63) is 0 Å². The molecule has 7 aliphatic heterocycles. The van der Waals surface area contributed by atoms with Gasteiger partial charge in [-0.15, -0.1) is 0 Å². The van der Waals surface area contributed by atoms with Crippen molar-refractivity contribution in [3.63, 3.8) is 0 Å². The molecule has 0 unspecified atom stereocenters. The summed E-state index contributed by atoms with van der Waals surface area (Å²) >= 11 is 0. The molecule has 7 heterocycles. The first-order valence-corrected chi connectivity index (χ1v) is 44.3. The first-order chi connectivity index (χ1) is 62.4. The first-order valence-electron chi connectivity index (χ1n) is 44.3. The number of ether oxygens (including phenoxy) is 14. The number of nitrogens with one attached hydrogen (secondary N) is 5. The summed E-state index contributed by atoms with van der Waals surface area (Å²) in [7, 11) is 0. The lowest BCUT2D eigenvalue weighted by molar-refractivity contribution is -0.366. The number of aliphatic hydroxyl groups is 24. The zero-order valence-corrected chi connectivity index (χ0v) is 72.6. The zero-order valence-electron chi connectivity index (χ0n) is 72.6. The Balaban J connectivity index is 0.858. The van der Waals surface area contributed by atoms with E-state index in [1.165, 1.54) is 0 Å². The van der Waals surface area contributed by atoms with Gasteiger partial charge in [-0.3, -0.25) is 38.4 Å². The summed E-state index contributed by atoms with van der Waals surface area (Å²) in [5, 5.41) is 263. The fraction of sp³-hybridized carbons (Fsp3) is 0.900. The summed E-state index contributed by atoms with van der Waals surface area (Å²) in [6.45, 7) is -5.35. The number of amides is 5. The zero-order chi connectivity index (χ0) is 96.5. The monoisotopic (exact) mass is 1900 g/mol. The first kappa shape index (κ1) is 113. The van der Waals surface area contributed by atoms with Crippen molar-refractivity contribution in [2.75, 3.05) is 85.7 Å². The van der Waals surface area contributed by atoms with E-state index >= 15 is 0 Å². The smallest absolute Gasteiger partial charge is 0.242 e. The van der Waals surface area contributed by atoms with Crippen LogP contribution in [0.2, 0.25) is 0 Å². The lowest BCUT2D eigenvalue weighted by Gasteiger charge is -2.46. The number of unbranched alkanes of at least 4 members (excludes halogenated alkanes) is 6. The molecule has 5 amide bonds. The highest BCUT2D eigenvalue weighted by Crippen LogP contribution is 2.35. The summed E-state index contributed by atoms with van der Waals surface area (Å²) in [5.41, 5.74) is 0. The molecule has 0 bridgehead atoms. The molecule has 7 rings (SSSR count). The number of ketones is 3. The predicted molar refractivity (Wildman–Crippen MR) is 430 cm³/mol. The molecule has 0 aromatic carbocycles. The van der Waals surface area contributed by atoms with Gasteiger partial charge in [0, 0.05) is 77.4 Å². The summed E-state index contributed by atoms with van der Waals surface area (Å²) in [6.07, 6.45) is -58.8. The molecule has 0 saturated carbocycles. The second kappa shape index (κ2) is 57.3. The largest absolute Gasteiger partial charge is 0.394 e. The standard InChI is InChI=1S/C80H137N5O46/c1-2-36(91)13-9-10-18-50(96)84-39(21-19-37(92)14-6-3-4-7-16-48(94)81-24-27-120-78-69(115)71(131-80-67(113)62(108)55(101)45(33-90)127-80)57(103)47(129-78)35-122-76-65(111)60(106)53(99)43(31-88)125-76)72(116)82-23-11-5-8-17-49(95)85-40(73(117)83-25-28-119-74-63(109)58(104)51(97)41(29-86)123-74)22-20-38(93)15-12-26-118-77-68(114)70(130-79-66(112)61(107)54(100)44(32-89)126-79)56(102)46(128-77)34-121-75-64(110)59(105)52(98)42(30-87)124-75/h39-47,51-71,74-80,86-90,97-115H,2-35H2,1H3,(H,81,94)(H,82,116)(H,83,117)(H,84,96)(H,85,95)/t39-,40-,41+,42+,43+,44+,45+,46+,47+,51+,52+,53+,54+,55+,56+,57+,58+,59-,60-,61-,62-,63-,64-,65-,66-,67-,68-,69-,70-,71-,74-,75-,76-,77-,78-,79+,80+/m0/s1. The van der Waals surface area contributed by atoms with E-state index in [2.05, 4.69) is 26.6 Å². The molecule has 0 aromatic rings. The van der Waals surface area contributed by atoms with Gasteiger partial charge in [-0.2, -0.15) is 0 Å². The summed E-state index contributed by atoms with van der Waals surface area (Å²) in [6, 6.07) is -2.53. The van der Waals surface area contributed by atoms with Gasteiger partial charge in [-0.1, -0.05) is 26.2 Å². The minimum absolute atomic E-state index is 0.0149. The Hall–Kier alpha value is -5.16. The Labute approximate surface area is 752 Å². The molecule has 51 nitrogen and oxygen atoms in total. The number of carbonyl (C=O) groups excluding carboxylic acids is 8. The molecule has 0 radical (unpaired) electrons. The second-order valence-electron chi connectivity index (χ2n) is 33.3. The summed E-state index contributed by atoms with van der Waals surface area (Å²) < 4.78 is 78.2. The van der Waals surface area contributed by atoms with Gasteiger partial charge in [-0.05, 0) is 57.8 Å². The van der Waals surface area contributed by atoms with Gasteiger partial charge in [0.2, 0.25) is 29.5 Å². The van der Waals surface area contributed by atoms with Crippen LogP contribution < -0.4 is 26.6 Å². The van der Waals surface area contributed by atoms with Gasteiger partial charge in [0.1, 0.15) is 200 Å². The molecule has 758 valence electrons. The third-order valence-electron chi connectivity index (χ3n) is 23.5. The van der Waals surface area contributed by atoms with Gasteiger partial charge in [0.25, 0.3) is 0 Å². The fourth-order valence-corrected chi connectivity index (χ4v) is 15.3. The van der Waals surface area contributed by atoms with E-state index in [1.807, 2.05) is 0 Å². The van der Waals surface area contributed by atoms with E-state index in [0.29, 0.717) is 57.8 Å². The van der Waals surface area contributed by atoms with Crippen LogP contribution in [0.5, 0.6) is 0 Å². The van der Waals surface area contributed by atoms with Crippen LogP contribution in [-0.2, 0) is 105 Å². The van der Waals surface area contributed by atoms with Gasteiger partial charge in [0.05, 0.1) is 66.1 Å². The van der Waals surface area contributed by atoms with Crippen molar-refractivity contribution in [1.82, 2.24) is 26.6 Å². The molecule has 7 aliphatic rings.